The molecule has 1 aromatic heterocycles. The first-order valence-corrected chi connectivity index (χ1v) is 7.09. The summed E-state index contributed by atoms with van der Waals surface area (Å²) in [4.78, 5) is 17.6. The van der Waals surface area contributed by atoms with Gasteiger partial charge >= 0.3 is 0 Å². The zero-order valence-corrected chi connectivity index (χ0v) is 11.4. The molecule has 2 aromatic rings. The molecule has 100 valence electrons. The van der Waals surface area contributed by atoms with Gasteiger partial charge in [0.15, 0.2) is 0 Å². The van der Waals surface area contributed by atoms with Crippen LogP contribution in [-0.4, -0.2) is 28.9 Å². The zero-order valence-electron chi connectivity index (χ0n) is 11.4. The molecule has 0 spiro atoms. The molecule has 2 heterocycles. The van der Waals surface area contributed by atoms with Crippen molar-refractivity contribution in [1.82, 2.24) is 9.88 Å². The number of aromatic amines is 1. The summed E-state index contributed by atoms with van der Waals surface area (Å²) in [6.45, 7) is 3.96. The van der Waals surface area contributed by atoms with Crippen LogP contribution in [0.25, 0.3) is 10.9 Å². The van der Waals surface area contributed by atoms with E-state index in [9.17, 15) is 4.79 Å². The van der Waals surface area contributed by atoms with E-state index in [1.54, 1.807) is 0 Å². The van der Waals surface area contributed by atoms with Crippen LogP contribution in [0.1, 0.15) is 30.4 Å². The molecule has 0 aliphatic carbocycles. The van der Waals surface area contributed by atoms with Gasteiger partial charge in [-0.15, -0.1) is 0 Å². The second-order valence-corrected chi connectivity index (χ2v) is 5.43. The maximum Gasteiger partial charge on any atom is 0.227 e. The summed E-state index contributed by atoms with van der Waals surface area (Å²) in [5.74, 6) is 0.267. The summed E-state index contributed by atoms with van der Waals surface area (Å²) in [5.41, 5.74) is 3.49. The molecule has 19 heavy (non-hydrogen) atoms. The molecule has 1 aliphatic rings. The first-order chi connectivity index (χ1) is 9.25. The highest BCUT2D eigenvalue weighted by atomic mass is 16.2. The van der Waals surface area contributed by atoms with Crippen LogP contribution in [0.5, 0.6) is 0 Å². The first kappa shape index (κ1) is 12.3. The monoisotopic (exact) mass is 256 g/mol. The molecular weight excluding hydrogens is 236 g/mol. The number of benzene rings is 1. The van der Waals surface area contributed by atoms with Crippen molar-refractivity contribution in [1.29, 1.82) is 0 Å². The van der Waals surface area contributed by atoms with Crippen LogP contribution in [0, 0.1) is 6.92 Å². The van der Waals surface area contributed by atoms with E-state index < -0.39 is 0 Å². The number of aromatic nitrogens is 1. The Kier molecular flexibility index (Phi) is 3.28. The molecule has 0 saturated carbocycles. The topological polar surface area (TPSA) is 36.1 Å². The molecule has 3 heteroatoms. The van der Waals surface area contributed by atoms with Gasteiger partial charge in [0.1, 0.15) is 0 Å². The minimum absolute atomic E-state index is 0.267. The van der Waals surface area contributed by atoms with Crippen LogP contribution in [-0.2, 0) is 11.2 Å². The van der Waals surface area contributed by atoms with Crippen molar-refractivity contribution in [3.05, 3.63) is 35.5 Å². The third-order valence-corrected chi connectivity index (χ3v) is 4.05. The number of piperidine rings is 1. The predicted molar refractivity (Wildman–Crippen MR) is 77.2 cm³/mol. The number of nitrogens with zero attached hydrogens (tertiary/aromatic N) is 1. The Labute approximate surface area is 113 Å². The highest BCUT2D eigenvalue weighted by Gasteiger charge is 2.18. The van der Waals surface area contributed by atoms with Crippen LogP contribution in [0.2, 0.25) is 0 Å². The number of amides is 1. The van der Waals surface area contributed by atoms with Gasteiger partial charge in [0.25, 0.3) is 0 Å². The van der Waals surface area contributed by atoms with E-state index in [2.05, 4.69) is 24.0 Å². The van der Waals surface area contributed by atoms with E-state index in [0.717, 1.165) is 37.0 Å². The molecule has 0 bridgehead atoms. The smallest absolute Gasteiger partial charge is 0.227 e. The maximum absolute atomic E-state index is 12.3. The summed E-state index contributed by atoms with van der Waals surface area (Å²) in [6, 6.07) is 6.21. The van der Waals surface area contributed by atoms with Gasteiger partial charge in [-0.2, -0.15) is 0 Å². The highest BCUT2D eigenvalue weighted by Crippen LogP contribution is 2.23. The number of hydrogen-bond donors (Lipinski definition) is 1. The van der Waals surface area contributed by atoms with Crippen LogP contribution in [0.4, 0.5) is 0 Å². The van der Waals surface area contributed by atoms with Gasteiger partial charge in [-0.1, -0.05) is 12.1 Å². The average Bonchev–Trinajstić information content (AvgIpc) is 2.84. The number of fused-ring (bicyclic) bond motifs is 1. The number of H-pyrrole nitrogens is 1. The largest absolute Gasteiger partial charge is 0.361 e. The Hall–Kier alpha value is -1.77. The molecule has 3 nitrogen and oxygen atoms in total. The Balaban J connectivity index is 1.83. The Morgan fingerprint density at radius 2 is 2.05 bits per heavy atom. The molecule has 1 fully saturated rings. The minimum atomic E-state index is 0.267. The number of carbonyl (C=O) groups excluding carboxylic acids is 1. The summed E-state index contributed by atoms with van der Waals surface area (Å²) in [6.07, 6.45) is 6.07. The normalized spacial score (nSPS) is 15.9. The zero-order chi connectivity index (χ0) is 13.2. The molecule has 1 aliphatic heterocycles. The Morgan fingerprint density at radius 1 is 1.26 bits per heavy atom. The SMILES string of the molecule is Cc1cccc2[nH]cc(CC(=O)N3CCCCC3)c12. The average molecular weight is 256 g/mol. The van der Waals surface area contributed by atoms with Gasteiger partial charge in [0, 0.05) is 30.2 Å². The summed E-state index contributed by atoms with van der Waals surface area (Å²) < 4.78 is 0. The van der Waals surface area contributed by atoms with E-state index in [4.69, 9.17) is 0 Å². The van der Waals surface area contributed by atoms with Crippen molar-refractivity contribution in [3.8, 4) is 0 Å². The lowest BCUT2D eigenvalue weighted by molar-refractivity contribution is -0.131. The molecular formula is C16H20N2O. The third kappa shape index (κ3) is 2.37. The Morgan fingerprint density at radius 3 is 2.84 bits per heavy atom. The van der Waals surface area contributed by atoms with E-state index in [1.807, 2.05) is 17.2 Å². The number of carbonyl (C=O) groups is 1. The van der Waals surface area contributed by atoms with E-state index in [0.29, 0.717) is 6.42 Å². The second kappa shape index (κ2) is 5.08. The first-order valence-electron chi connectivity index (χ1n) is 7.09. The summed E-state index contributed by atoms with van der Waals surface area (Å²) in [5, 5.41) is 1.22. The van der Waals surface area contributed by atoms with Crippen LogP contribution in [0.3, 0.4) is 0 Å². The van der Waals surface area contributed by atoms with E-state index >= 15 is 0 Å². The molecule has 1 saturated heterocycles. The van der Waals surface area contributed by atoms with Gasteiger partial charge in [0.05, 0.1) is 6.42 Å². The van der Waals surface area contributed by atoms with Crippen molar-refractivity contribution < 1.29 is 4.79 Å². The lowest BCUT2D eigenvalue weighted by atomic mass is 10.0. The van der Waals surface area contributed by atoms with Gasteiger partial charge in [0.2, 0.25) is 5.91 Å². The fourth-order valence-electron chi connectivity index (χ4n) is 3.01. The number of rotatable bonds is 2. The van der Waals surface area contributed by atoms with Crippen molar-refractivity contribution >= 4 is 16.8 Å². The molecule has 0 radical (unpaired) electrons. The third-order valence-electron chi connectivity index (χ3n) is 4.05. The van der Waals surface area contributed by atoms with Crippen molar-refractivity contribution in [3.63, 3.8) is 0 Å². The van der Waals surface area contributed by atoms with Gasteiger partial charge in [-0.05, 0) is 43.4 Å². The van der Waals surface area contributed by atoms with Gasteiger partial charge in [-0.25, -0.2) is 0 Å². The number of hydrogen-bond acceptors (Lipinski definition) is 1. The van der Waals surface area contributed by atoms with Crippen molar-refractivity contribution in [2.75, 3.05) is 13.1 Å². The highest BCUT2D eigenvalue weighted by molar-refractivity contribution is 5.91. The predicted octanol–water partition coefficient (Wildman–Crippen LogP) is 3.03. The van der Waals surface area contributed by atoms with E-state index in [-0.39, 0.29) is 5.91 Å². The molecule has 1 N–H and O–H groups in total. The van der Waals surface area contributed by atoms with E-state index in [1.165, 1.54) is 17.4 Å². The number of nitrogens with one attached hydrogen (secondary N) is 1. The Bertz CT molecular complexity index is 594. The quantitative estimate of drug-likeness (QED) is 0.881. The molecule has 1 amide bonds. The van der Waals surface area contributed by atoms with Crippen molar-refractivity contribution in [2.45, 2.75) is 32.6 Å². The minimum Gasteiger partial charge on any atom is -0.361 e. The molecule has 0 atom stereocenters. The number of aryl methyl sites for hydroxylation is 1. The van der Waals surface area contributed by atoms with Gasteiger partial charge < -0.3 is 9.88 Å². The van der Waals surface area contributed by atoms with Crippen molar-refractivity contribution in [2.24, 2.45) is 0 Å². The van der Waals surface area contributed by atoms with Gasteiger partial charge in [-0.3, -0.25) is 4.79 Å². The lowest BCUT2D eigenvalue weighted by Gasteiger charge is -2.26. The van der Waals surface area contributed by atoms with Crippen LogP contribution < -0.4 is 0 Å². The lowest BCUT2D eigenvalue weighted by Crippen LogP contribution is -2.36. The standard InChI is InChI=1S/C16H20N2O/c1-12-6-5-7-14-16(12)13(11-17-14)10-15(19)18-8-3-2-4-9-18/h5-7,11,17H,2-4,8-10H2,1H3. The molecule has 1 aromatic carbocycles. The fraction of sp³-hybridized carbons (Fsp3) is 0.438. The van der Waals surface area contributed by atoms with Crippen LogP contribution >= 0.6 is 0 Å². The second-order valence-electron chi connectivity index (χ2n) is 5.43. The summed E-state index contributed by atoms with van der Waals surface area (Å²) >= 11 is 0. The van der Waals surface area contributed by atoms with Crippen LogP contribution in [0.15, 0.2) is 24.4 Å². The summed E-state index contributed by atoms with van der Waals surface area (Å²) in [7, 11) is 0. The fourth-order valence-corrected chi connectivity index (χ4v) is 3.01. The molecule has 3 rings (SSSR count). The maximum atomic E-state index is 12.3. The molecule has 0 unspecified atom stereocenters. The number of likely N-dealkylation sites (tertiary alicyclic amines) is 1.